The maximum absolute atomic E-state index is 10.6. The lowest BCUT2D eigenvalue weighted by Crippen LogP contribution is -2.46. The Morgan fingerprint density at radius 1 is 1.22 bits per heavy atom. The third-order valence-corrected chi connectivity index (χ3v) is 3.28. The average molecular weight is 324 g/mol. The number of nitro benzene ring substituents is 1. The van der Waals surface area contributed by atoms with Gasteiger partial charge in [-0.1, -0.05) is 20.8 Å². The molecule has 0 saturated carbocycles. The number of ether oxygens (including phenoxy) is 1. The minimum atomic E-state index is -0.649. The summed E-state index contributed by atoms with van der Waals surface area (Å²) in [5.41, 5.74) is 0.145. The van der Waals surface area contributed by atoms with Gasteiger partial charge in [0.1, 0.15) is 18.5 Å². The normalized spacial score (nSPS) is 13.7. The number of rotatable bonds is 8. The first-order valence-corrected chi connectivity index (χ1v) is 7.79. The van der Waals surface area contributed by atoms with Crippen LogP contribution in [0.2, 0.25) is 0 Å². The molecule has 0 radical (unpaired) electrons. The van der Waals surface area contributed by atoms with Crippen LogP contribution in [0.4, 0.5) is 5.69 Å². The Kier molecular flexibility index (Phi) is 6.53. The van der Waals surface area contributed by atoms with Gasteiger partial charge in [0.2, 0.25) is 0 Å². The van der Waals surface area contributed by atoms with Crippen LogP contribution < -0.4 is 10.1 Å². The molecule has 0 aromatic heterocycles. The van der Waals surface area contributed by atoms with Crippen LogP contribution >= 0.6 is 0 Å². The fourth-order valence-electron chi connectivity index (χ4n) is 2.70. The van der Waals surface area contributed by atoms with E-state index in [1.54, 1.807) is 0 Å². The van der Waals surface area contributed by atoms with Crippen molar-refractivity contribution in [1.29, 1.82) is 0 Å². The molecule has 0 heterocycles. The van der Waals surface area contributed by atoms with Gasteiger partial charge in [0, 0.05) is 24.2 Å². The van der Waals surface area contributed by atoms with Crippen LogP contribution in [0.1, 0.15) is 41.0 Å². The van der Waals surface area contributed by atoms with Crippen LogP contribution in [0, 0.1) is 15.5 Å². The molecule has 23 heavy (non-hydrogen) atoms. The molecule has 130 valence electrons. The molecular weight excluding hydrogens is 296 g/mol. The van der Waals surface area contributed by atoms with E-state index in [4.69, 9.17) is 4.74 Å². The second-order valence-corrected chi connectivity index (χ2v) is 7.72. The quantitative estimate of drug-likeness (QED) is 0.567. The van der Waals surface area contributed by atoms with Crippen molar-refractivity contribution >= 4 is 5.69 Å². The summed E-state index contributed by atoms with van der Waals surface area (Å²) in [4.78, 5) is 10.1. The monoisotopic (exact) mass is 324 g/mol. The van der Waals surface area contributed by atoms with Crippen LogP contribution in [-0.4, -0.2) is 34.8 Å². The highest BCUT2D eigenvalue weighted by Gasteiger charge is 2.25. The van der Waals surface area contributed by atoms with Crippen molar-refractivity contribution in [3.05, 3.63) is 34.4 Å². The summed E-state index contributed by atoms with van der Waals surface area (Å²) in [7, 11) is 0. The van der Waals surface area contributed by atoms with E-state index in [9.17, 15) is 15.2 Å². The Balaban J connectivity index is 2.39. The first kappa shape index (κ1) is 19.4. The minimum Gasteiger partial charge on any atom is -0.491 e. The summed E-state index contributed by atoms with van der Waals surface area (Å²) in [6.45, 7) is 11.3. The summed E-state index contributed by atoms with van der Waals surface area (Å²) in [5, 5.41) is 23.9. The molecule has 0 aliphatic rings. The SMILES string of the molecule is CC(C)(C)CC(C)(C)NC[C@H](O)COc1ccc([N+](=O)[O-])cc1. The number of hydrogen-bond acceptors (Lipinski definition) is 5. The van der Waals surface area contributed by atoms with E-state index in [0.717, 1.165) is 6.42 Å². The van der Waals surface area contributed by atoms with Crippen LogP contribution in [0.3, 0.4) is 0 Å². The predicted molar refractivity (Wildman–Crippen MR) is 90.8 cm³/mol. The van der Waals surface area contributed by atoms with Crippen LogP contribution in [-0.2, 0) is 0 Å². The molecule has 0 bridgehead atoms. The van der Waals surface area contributed by atoms with E-state index in [1.807, 2.05) is 0 Å². The number of aliphatic hydroxyl groups is 1. The maximum Gasteiger partial charge on any atom is 0.269 e. The van der Waals surface area contributed by atoms with Crippen molar-refractivity contribution < 1.29 is 14.8 Å². The zero-order valence-corrected chi connectivity index (χ0v) is 14.6. The lowest BCUT2D eigenvalue weighted by Gasteiger charge is -2.34. The highest BCUT2D eigenvalue weighted by molar-refractivity contribution is 5.35. The van der Waals surface area contributed by atoms with Crippen LogP contribution in [0.5, 0.6) is 5.75 Å². The summed E-state index contributed by atoms with van der Waals surface area (Å²) in [6, 6.07) is 5.82. The van der Waals surface area contributed by atoms with Gasteiger partial charge in [-0.3, -0.25) is 10.1 Å². The molecule has 0 aliphatic heterocycles. The molecule has 6 heteroatoms. The Morgan fingerprint density at radius 2 is 1.78 bits per heavy atom. The summed E-state index contributed by atoms with van der Waals surface area (Å²) >= 11 is 0. The number of hydrogen-bond donors (Lipinski definition) is 2. The third kappa shape index (κ3) is 7.95. The Labute approximate surface area is 138 Å². The molecule has 0 spiro atoms. The topological polar surface area (TPSA) is 84.6 Å². The second-order valence-electron chi connectivity index (χ2n) is 7.72. The van der Waals surface area contributed by atoms with Gasteiger partial charge in [0.15, 0.2) is 0 Å². The van der Waals surface area contributed by atoms with Crippen LogP contribution in [0.15, 0.2) is 24.3 Å². The van der Waals surface area contributed by atoms with E-state index in [1.165, 1.54) is 24.3 Å². The first-order chi connectivity index (χ1) is 10.5. The van der Waals surface area contributed by atoms with Gasteiger partial charge in [0.25, 0.3) is 5.69 Å². The van der Waals surface area contributed by atoms with E-state index in [0.29, 0.717) is 12.3 Å². The minimum absolute atomic E-state index is 0.0171. The first-order valence-electron chi connectivity index (χ1n) is 7.79. The number of nitrogens with one attached hydrogen (secondary N) is 1. The molecule has 1 aromatic carbocycles. The summed E-state index contributed by atoms with van der Waals surface area (Å²) in [6.07, 6.45) is 0.333. The maximum atomic E-state index is 10.6. The number of nitrogens with zero attached hydrogens (tertiary/aromatic N) is 1. The Hall–Kier alpha value is -1.66. The van der Waals surface area contributed by atoms with Crippen molar-refractivity contribution in [2.24, 2.45) is 5.41 Å². The second kappa shape index (κ2) is 7.75. The van der Waals surface area contributed by atoms with E-state index >= 15 is 0 Å². The van der Waals surface area contributed by atoms with E-state index < -0.39 is 11.0 Å². The number of non-ortho nitro benzene ring substituents is 1. The zero-order valence-electron chi connectivity index (χ0n) is 14.6. The van der Waals surface area contributed by atoms with Crippen molar-refractivity contribution in [2.75, 3.05) is 13.2 Å². The van der Waals surface area contributed by atoms with Gasteiger partial charge in [-0.05, 0) is 37.8 Å². The number of aliphatic hydroxyl groups excluding tert-OH is 1. The highest BCUT2D eigenvalue weighted by Crippen LogP contribution is 2.26. The summed E-state index contributed by atoms with van der Waals surface area (Å²) in [5.74, 6) is 0.503. The van der Waals surface area contributed by atoms with Gasteiger partial charge in [-0.15, -0.1) is 0 Å². The average Bonchev–Trinajstić information content (AvgIpc) is 2.41. The number of nitro groups is 1. The largest absolute Gasteiger partial charge is 0.491 e. The van der Waals surface area contributed by atoms with Gasteiger partial charge in [0.05, 0.1) is 4.92 Å². The van der Waals surface area contributed by atoms with Crippen molar-refractivity contribution in [3.63, 3.8) is 0 Å². The standard InChI is InChI=1S/C17H28N2O4/c1-16(2,3)12-17(4,5)18-10-14(20)11-23-15-8-6-13(7-9-15)19(21)22/h6-9,14,18,20H,10-12H2,1-5H3/t14-/m0/s1. The molecule has 0 aliphatic carbocycles. The molecule has 2 N–H and O–H groups in total. The molecule has 6 nitrogen and oxygen atoms in total. The van der Waals surface area contributed by atoms with E-state index in [2.05, 4.69) is 39.9 Å². The smallest absolute Gasteiger partial charge is 0.269 e. The molecule has 0 fully saturated rings. The molecule has 0 unspecified atom stereocenters. The van der Waals surface area contributed by atoms with Gasteiger partial charge in [-0.2, -0.15) is 0 Å². The lowest BCUT2D eigenvalue weighted by molar-refractivity contribution is -0.384. The molecule has 1 rings (SSSR count). The molecule has 0 saturated heterocycles. The fraction of sp³-hybridized carbons (Fsp3) is 0.647. The fourth-order valence-corrected chi connectivity index (χ4v) is 2.70. The van der Waals surface area contributed by atoms with Gasteiger partial charge < -0.3 is 15.2 Å². The van der Waals surface area contributed by atoms with Crippen molar-refractivity contribution in [1.82, 2.24) is 5.32 Å². The van der Waals surface area contributed by atoms with Crippen molar-refractivity contribution in [2.45, 2.75) is 52.7 Å². The molecule has 1 aromatic rings. The number of benzene rings is 1. The Morgan fingerprint density at radius 3 is 2.26 bits per heavy atom. The van der Waals surface area contributed by atoms with E-state index in [-0.39, 0.29) is 23.2 Å². The van der Waals surface area contributed by atoms with Crippen LogP contribution in [0.25, 0.3) is 0 Å². The van der Waals surface area contributed by atoms with Crippen molar-refractivity contribution in [3.8, 4) is 5.75 Å². The third-order valence-electron chi connectivity index (χ3n) is 3.28. The molecule has 1 atom stereocenters. The Bertz CT molecular complexity index is 506. The van der Waals surface area contributed by atoms with Gasteiger partial charge >= 0.3 is 0 Å². The molecule has 0 amide bonds. The highest BCUT2D eigenvalue weighted by atomic mass is 16.6. The number of β-amino-alcohol motifs (C(OH)–C–C–N with tert-alkyl or cyclic N) is 1. The van der Waals surface area contributed by atoms with Gasteiger partial charge in [-0.25, -0.2) is 0 Å². The predicted octanol–water partition coefficient (Wildman–Crippen LogP) is 3.14. The summed E-state index contributed by atoms with van der Waals surface area (Å²) < 4.78 is 5.46. The lowest BCUT2D eigenvalue weighted by atomic mass is 9.82. The zero-order chi connectivity index (χ0) is 17.7. The molecular formula is C17H28N2O4.